The highest BCUT2D eigenvalue weighted by Gasteiger charge is 2.04. The summed E-state index contributed by atoms with van der Waals surface area (Å²) < 4.78 is 17.8. The Balaban J connectivity index is 1.80. The van der Waals surface area contributed by atoms with Crippen LogP contribution in [0.15, 0.2) is 22.7 Å². The molecular weight excluding hydrogens is 237 g/mol. The van der Waals surface area contributed by atoms with Gasteiger partial charge in [0.05, 0.1) is 0 Å². The lowest BCUT2D eigenvalue weighted by Gasteiger charge is -2.05. The molecule has 0 fully saturated rings. The Kier molecular flexibility index (Phi) is 3.88. The zero-order valence-corrected chi connectivity index (χ0v) is 9.98. The molecule has 96 valence electrons. The standard InChI is InChI=1S/C12H14FN3O2/c1-8-15-12(16-18-8)4-5-14-7-9-6-10(13)2-3-11(9)17/h2-3,6,14,17H,4-5,7H2,1H3. The fraction of sp³-hybridized carbons (Fsp3) is 0.333. The van der Waals surface area contributed by atoms with E-state index in [9.17, 15) is 9.50 Å². The van der Waals surface area contributed by atoms with Crippen LogP contribution in [0.25, 0.3) is 0 Å². The van der Waals surface area contributed by atoms with Crippen LogP contribution in [0, 0.1) is 12.7 Å². The zero-order valence-electron chi connectivity index (χ0n) is 9.98. The van der Waals surface area contributed by atoms with Crippen molar-refractivity contribution in [3.63, 3.8) is 0 Å². The monoisotopic (exact) mass is 251 g/mol. The Bertz CT molecular complexity index is 528. The van der Waals surface area contributed by atoms with E-state index >= 15 is 0 Å². The number of aromatic nitrogens is 2. The summed E-state index contributed by atoms with van der Waals surface area (Å²) in [6.07, 6.45) is 0.618. The summed E-state index contributed by atoms with van der Waals surface area (Å²) in [7, 11) is 0. The smallest absolute Gasteiger partial charge is 0.223 e. The largest absolute Gasteiger partial charge is 0.508 e. The van der Waals surface area contributed by atoms with Gasteiger partial charge < -0.3 is 14.9 Å². The molecule has 0 bridgehead atoms. The molecule has 0 spiro atoms. The first kappa shape index (κ1) is 12.5. The Morgan fingerprint density at radius 3 is 3.00 bits per heavy atom. The second kappa shape index (κ2) is 5.59. The van der Waals surface area contributed by atoms with E-state index in [2.05, 4.69) is 15.5 Å². The second-order valence-corrected chi connectivity index (χ2v) is 3.93. The van der Waals surface area contributed by atoms with E-state index < -0.39 is 0 Å². The molecule has 2 rings (SSSR count). The molecule has 6 heteroatoms. The third kappa shape index (κ3) is 3.27. The van der Waals surface area contributed by atoms with Crippen LogP contribution in [0.2, 0.25) is 0 Å². The maximum Gasteiger partial charge on any atom is 0.223 e. The van der Waals surface area contributed by atoms with Gasteiger partial charge in [0.25, 0.3) is 0 Å². The van der Waals surface area contributed by atoms with Gasteiger partial charge in [-0.25, -0.2) is 4.39 Å². The van der Waals surface area contributed by atoms with Crippen molar-refractivity contribution in [1.82, 2.24) is 15.5 Å². The first-order valence-corrected chi connectivity index (χ1v) is 5.62. The van der Waals surface area contributed by atoms with Gasteiger partial charge in [0, 0.05) is 32.0 Å². The minimum absolute atomic E-state index is 0.0827. The molecule has 18 heavy (non-hydrogen) atoms. The molecule has 0 unspecified atom stereocenters. The van der Waals surface area contributed by atoms with Crippen molar-refractivity contribution >= 4 is 0 Å². The van der Waals surface area contributed by atoms with Gasteiger partial charge in [-0.2, -0.15) is 4.98 Å². The van der Waals surface area contributed by atoms with Crippen molar-refractivity contribution in [3.8, 4) is 5.75 Å². The van der Waals surface area contributed by atoms with Crippen molar-refractivity contribution in [2.24, 2.45) is 0 Å². The third-order valence-corrected chi connectivity index (χ3v) is 2.45. The SMILES string of the molecule is Cc1nc(CCNCc2cc(F)ccc2O)no1. The van der Waals surface area contributed by atoms with Crippen LogP contribution < -0.4 is 5.32 Å². The molecule has 0 aliphatic rings. The molecule has 0 radical (unpaired) electrons. The number of aromatic hydroxyl groups is 1. The molecule has 0 saturated heterocycles. The average molecular weight is 251 g/mol. The first-order chi connectivity index (χ1) is 8.65. The van der Waals surface area contributed by atoms with Crippen LogP contribution in [-0.4, -0.2) is 21.8 Å². The summed E-state index contributed by atoms with van der Waals surface area (Å²) >= 11 is 0. The van der Waals surface area contributed by atoms with Gasteiger partial charge in [-0.05, 0) is 18.2 Å². The van der Waals surface area contributed by atoms with Crippen LogP contribution in [0.3, 0.4) is 0 Å². The Morgan fingerprint density at radius 1 is 1.44 bits per heavy atom. The molecule has 0 atom stereocenters. The van der Waals surface area contributed by atoms with Crippen molar-refractivity contribution in [2.45, 2.75) is 19.9 Å². The predicted octanol–water partition coefficient (Wildman–Crippen LogP) is 1.56. The number of nitrogens with one attached hydrogen (secondary N) is 1. The summed E-state index contributed by atoms with van der Waals surface area (Å²) in [6.45, 7) is 2.74. The predicted molar refractivity (Wildman–Crippen MR) is 62.5 cm³/mol. The summed E-state index contributed by atoms with van der Waals surface area (Å²) in [5, 5.41) is 16.3. The number of hydrogen-bond donors (Lipinski definition) is 2. The Hall–Kier alpha value is -1.95. The van der Waals surface area contributed by atoms with Gasteiger partial charge in [-0.1, -0.05) is 5.16 Å². The summed E-state index contributed by atoms with van der Waals surface area (Å²) in [5.74, 6) is 0.883. The van der Waals surface area contributed by atoms with E-state index in [1.165, 1.54) is 18.2 Å². The average Bonchev–Trinajstić information content (AvgIpc) is 2.75. The number of benzene rings is 1. The normalized spacial score (nSPS) is 10.8. The molecule has 2 aromatic rings. The molecule has 0 aliphatic heterocycles. The first-order valence-electron chi connectivity index (χ1n) is 5.62. The van der Waals surface area contributed by atoms with Gasteiger partial charge in [0.15, 0.2) is 5.82 Å². The van der Waals surface area contributed by atoms with Crippen LogP contribution in [0.4, 0.5) is 4.39 Å². The quantitative estimate of drug-likeness (QED) is 0.789. The minimum atomic E-state index is -0.363. The number of phenols is 1. The van der Waals surface area contributed by atoms with Gasteiger partial charge in [-0.3, -0.25) is 0 Å². The van der Waals surface area contributed by atoms with Crippen molar-refractivity contribution in [3.05, 3.63) is 41.3 Å². The molecule has 0 amide bonds. The number of nitrogens with zero attached hydrogens (tertiary/aromatic N) is 2. The summed E-state index contributed by atoms with van der Waals surface area (Å²) in [5.41, 5.74) is 0.527. The van der Waals surface area contributed by atoms with E-state index in [1.54, 1.807) is 6.92 Å². The zero-order chi connectivity index (χ0) is 13.0. The maximum atomic E-state index is 13.0. The molecule has 2 N–H and O–H groups in total. The molecule has 1 aromatic carbocycles. The van der Waals surface area contributed by atoms with E-state index in [0.717, 1.165) is 0 Å². The van der Waals surface area contributed by atoms with E-state index in [-0.39, 0.29) is 11.6 Å². The van der Waals surface area contributed by atoms with Gasteiger partial charge >= 0.3 is 0 Å². The molecule has 1 aromatic heterocycles. The third-order valence-electron chi connectivity index (χ3n) is 2.45. The Labute approximate surface area is 104 Å². The van der Waals surface area contributed by atoms with Crippen molar-refractivity contribution < 1.29 is 14.0 Å². The molecule has 5 nitrogen and oxygen atoms in total. The van der Waals surface area contributed by atoms with Crippen molar-refractivity contribution in [2.75, 3.05) is 6.54 Å². The molecule has 1 heterocycles. The highest BCUT2D eigenvalue weighted by Crippen LogP contribution is 2.17. The molecule has 0 saturated carbocycles. The van der Waals surface area contributed by atoms with E-state index in [0.29, 0.717) is 36.8 Å². The number of rotatable bonds is 5. The van der Waals surface area contributed by atoms with Gasteiger partial charge in [0.2, 0.25) is 5.89 Å². The van der Waals surface area contributed by atoms with Gasteiger partial charge in [0.1, 0.15) is 11.6 Å². The highest BCUT2D eigenvalue weighted by molar-refractivity contribution is 5.32. The topological polar surface area (TPSA) is 71.2 Å². The van der Waals surface area contributed by atoms with Crippen molar-refractivity contribution in [1.29, 1.82) is 0 Å². The number of aryl methyl sites for hydroxylation is 1. The van der Waals surface area contributed by atoms with E-state index in [4.69, 9.17) is 4.52 Å². The molecule has 0 aliphatic carbocycles. The highest BCUT2D eigenvalue weighted by atomic mass is 19.1. The fourth-order valence-electron chi connectivity index (χ4n) is 1.56. The lowest BCUT2D eigenvalue weighted by Crippen LogP contribution is -2.17. The van der Waals surface area contributed by atoms with Crippen LogP contribution in [0.1, 0.15) is 17.3 Å². The van der Waals surface area contributed by atoms with Crippen LogP contribution in [0.5, 0.6) is 5.75 Å². The Morgan fingerprint density at radius 2 is 2.28 bits per heavy atom. The lowest BCUT2D eigenvalue weighted by molar-refractivity contribution is 0.387. The number of phenolic OH excluding ortho intramolecular Hbond substituents is 1. The van der Waals surface area contributed by atoms with Crippen LogP contribution >= 0.6 is 0 Å². The summed E-state index contributed by atoms with van der Waals surface area (Å²) in [6, 6.07) is 3.87. The molecular formula is C12H14FN3O2. The second-order valence-electron chi connectivity index (χ2n) is 3.93. The minimum Gasteiger partial charge on any atom is -0.508 e. The van der Waals surface area contributed by atoms with Gasteiger partial charge in [-0.15, -0.1) is 0 Å². The number of hydrogen-bond acceptors (Lipinski definition) is 5. The fourth-order valence-corrected chi connectivity index (χ4v) is 1.56. The van der Waals surface area contributed by atoms with Crippen LogP contribution in [-0.2, 0) is 13.0 Å². The summed E-state index contributed by atoms with van der Waals surface area (Å²) in [4.78, 5) is 4.06. The lowest BCUT2D eigenvalue weighted by atomic mass is 10.2. The maximum absolute atomic E-state index is 13.0. The number of halogens is 1. The van der Waals surface area contributed by atoms with E-state index in [1.807, 2.05) is 0 Å².